The van der Waals surface area contributed by atoms with Crippen LogP contribution in [0.25, 0.3) is 0 Å². The number of hydrogen-bond acceptors (Lipinski definition) is 2. The summed E-state index contributed by atoms with van der Waals surface area (Å²) in [4.78, 5) is 1.51. The van der Waals surface area contributed by atoms with Crippen molar-refractivity contribution in [3.63, 3.8) is 0 Å². The molecule has 2 heteroatoms. The van der Waals surface area contributed by atoms with Gasteiger partial charge in [-0.15, -0.1) is 11.8 Å². The second-order valence-electron chi connectivity index (χ2n) is 4.90. The summed E-state index contributed by atoms with van der Waals surface area (Å²) in [5.74, 6) is 0. The van der Waals surface area contributed by atoms with E-state index in [-0.39, 0.29) is 0 Å². The van der Waals surface area contributed by atoms with Gasteiger partial charge in [0, 0.05) is 16.2 Å². The maximum absolute atomic E-state index is 3.44. The Hall–Kier alpha value is -0.470. The maximum Gasteiger partial charge on any atom is 0.0136 e. The molecule has 0 radical (unpaired) electrons. The van der Waals surface area contributed by atoms with Crippen LogP contribution in [-0.4, -0.2) is 18.3 Å². The van der Waals surface area contributed by atoms with Gasteiger partial charge in [0.05, 0.1) is 0 Å². The third kappa shape index (κ3) is 3.49. The fourth-order valence-corrected chi connectivity index (χ4v) is 3.92. The summed E-state index contributed by atoms with van der Waals surface area (Å²) < 4.78 is 0. The Kier molecular flexibility index (Phi) is 4.93. The zero-order chi connectivity index (χ0) is 12.1. The molecular weight excluding hydrogens is 226 g/mol. The van der Waals surface area contributed by atoms with Gasteiger partial charge >= 0.3 is 0 Å². The van der Waals surface area contributed by atoms with E-state index in [1.807, 2.05) is 0 Å². The number of hydrogen-bond donors (Lipinski definition) is 1. The Morgan fingerprint density at radius 1 is 1.35 bits per heavy atom. The molecule has 2 unspecified atom stereocenters. The highest BCUT2D eigenvalue weighted by atomic mass is 32.2. The predicted octanol–water partition coefficient (Wildman–Crippen LogP) is 3.87. The summed E-state index contributed by atoms with van der Waals surface area (Å²) >= 11 is 2.08. The molecule has 1 heterocycles. The lowest BCUT2D eigenvalue weighted by Gasteiger charge is -2.17. The molecule has 0 aromatic heterocycles. The number of rotatable bonds is 6. The first-order chi connectivity index (χ1) is 8.33. The Morgan fingerprint density at radius 3 is 2.88 bits per heavy atom. The molecule has 1 aliphatic rings. The van der Waals surface area contributed by atoms with Gasteiger partial charge in [0.25, 0.3) is 0 Å². The third-order valence-electron chi connectivity index (χ3n) is 3.60. The van der Waals surface area contributed by atoms with Crippen molar-refractivity contribution in [1.82, 2.24) is 5.32 Å². The van der Waals surface area contributed by atoms with E-state index in [0.29, 0.717) is 6.04 Å². The molecule has 0 saturated carbocycles. The van der Waals surface area contributed by atoms with Crippen LogP contribution in [0.5, 0.6) is 0 Å². The van der Waals surface area contributed by atoms with Crippen LogP contribution in [-0.2, 0) is 6.42 Å². The van der Waals surface area contributed by atoms with E-state index in [0.717, 1.165) is 5.25 Å². The van der Waals surface area contributed by atoms with Crippen molar-refractivity contribution in [3.05, 3.63) is 29.8 Å². The van der Waals surface area contributed by atoms with Crippen LogP contribution in [0.2, 0.25) is 0 Å². The predicted molar refractivity (Wildman–Crippen MR) is 76.8 cm³/mol. The first-order valence-electron chi connectivity index (χ1n) is 6.75. The first kappa shape index (κ1) is 13.0. The minimum absolute atomic E-state index is 0.712. The molecule has 0 aliphatic carbocycles. The van der Waals surface area contributed by atoms with Gasteiger partial charge in [0.15, 0.2) is 0 Å². The van der Waals surface area contributed by atoms with Gasteiger partial charge in [0.2, 0.25) is 0 Å². The van der Waals surface area contributed by atoms with Gasteiger partial charge in [-0.3, -0.25) is 0 Å². The average molecular weight is 249 g/mol. The topological polar surface area (TPSA) is 12.0 Å². The second-order valence-corrected chi connectivity index (χ2v) is 6.25. The van der Waals surface area contributed by atoms with E-state index < -0.39 is 0 Å². The molecule has 2 atom stereocenters. The molecule has 0 saturated heterocycles. The van der Waals surface area contributed by atoms with Crippen LogP contribution >= 0.6 is 11.8 Å². The molecular formula is C15H23NS. The van der Waals surface area contributed by atoms with Crippen molar-refractivity contribution in [3.8, 4) is 0 Å². The Labute approximate surface area is 109 Å². The van der Waals surface area contributed by atoms with Gasteiger partial charge in [-0.2, -0.15) is 0 Å². The van der Waals surface area contributed by atoms with Crippen molar-refractivity contribution in [2.75, 3.05) is 7.05 Å². The van der Waals surface area contributed by atoms with Gasteiger partial charge in [-0.25, -0.2) is 0 Å². The standard InChI is InChI=1S/C15H23NS/c1-3-6-13(16-2)9-10-14-11-12-7-4-5-8-15(12)17-14/h4-5,7-8,13-14,16H,3,6,9-11H2,1-2H3. The molecule has 17 heavy (non-hydrogen) atoms. The van der Waals surface area contributed by atoms with Gasteiger partial charge < -0.3 is 5.32 Å². The Balaban J connectivity index is 1.79. The number of thioether (sulfide) groups is 1. The summed E-state index contributed by atoms with van der Waals surface area (Å²) in [6.45, 7) is 2.27. The average Bonchev–Trinajstić information content (AvgIpc) is 2.77. The summed E-state index contributed by atoms with van der Waals surface area (Å²) in [5, 5.41) is 4.24. The minimum atomic E-state index is 0.712. The maximum atomic E-state index is 3.44. The summed E-state index contributed by atoms with van der Waals surface area (Å²) in [5.41, 5.74) is 1.55. The van der Waals surface area contributed by atoms with Gasteiger partial charge in [-0.1, -0.05) is 31.5 Å². The molecule has 0 amide bonds. The van der Waals surface area contributed by atoms with Crippen molar-refractivity contribution >= 4 is 11.8 Å². The van der Waals surface area contributed by atoms with Crippen molar-refractivity contribution < 1.29 is 0 Å². The van der Waals surface area contributed by atoms with Crippen LogP contribution < -0.4 is 5.32 Å². The van der Waals surface area contributed by atoms with Crippen molar-refractivity contribution in [1.29, 1.82) is 0 Å². The highest BCUT2D eigenvalue weighted by molar-refractivity contribution is 8.00. The van der Waals surface area contributed by atoms with Crippen LogP contribution in [0.1, 0.15) is 38.2 Å². The summed E-state index contributed by atoms with van der Waals surface area (Å²) in [6, 6.07) is 9.58. The highest BCUT2D eigenvalue weighted by Crippen LogP contribution is 2.38. The monoisotopic (exact) mass is 249 g/mol. The van der Waals surface area contributed by atoms with Gasteiger partial charge in [-0.05, 0) is 44.4 Å². The van der Waals surface area contributed by atoms with E-state index >= 15 is 0 Å². The summed E-state index contributed by atoms with van der Waals surface area (Å²) in [7, 11) is 2.09. The Morgan fingerprint density at radius 2 is 2.18 bits per heavy atom. The number of benzene rings is 1. The second kappa shape index (κ2) is 6.46. The fraction of sp³-hybridized carbons (Fsp3) is 0.600. The molecule has 1 aliphatic heterocycles. The molecule has 2 rings (SSSR count). The quantitative estimate of drug-likeness (QED) is 0.821. The molecule has 0 spiro atoms. The number of nitrogens with one attached hydrogen (secondary N) is 1. The molecule has 1 nitrogen and oxygen atoms in total. The van der Waals surface area contributed by atoms with E-state index in [4.69, 9.17) is 0 Å². The lowest BCUT2D eigenvalue weighted by Crippen LogP contribution is -2.25. The zero-order valence-corrected chi connectivity index (χ0v) is 11.7. The van der Waals surface area contributed by atoms with Crippen LogP contribution in [0.4, 0.5) is 0 Å². The van der Waals surface area contributed by atoms with Crippen LogP contribution in [0.15, 0.2) is 29.2 Å². The molecule has 94 valence electrons. The molecule has 1 aromatic carbocycles. The molecule has 0 fully saturated rings. The minimum Gasteiger partial charge on any atom is -0.317 e. The lowest BCUT2D eigenvalue weighted by molar-refractivity contribution is 0.466. The summed E-state index contributed by atoms with van der Waals surface area (Å²) in [6.07, 6.45) is 6.51. The zero-order valence-electron chi connectivity index (χ0n) is 10.9. The smallest absolute Gasteiger partial charge is 0.0136 e. The SMILES string of the molecule is CCCC(CCC1Cc2ccccc2S1)NC. The van der Waals surface area contributed by atoms with Crippen molar-refractivity contribution in [2.45, 2.75) is 55.2 Å². The van der Waals surface area contributed by atoms with E-state index in [2.05, 4.69) is 55.3 Å². The first-order valence-corrected chi connectivity index (χ1v) is 7.63. The highest BCUT2D eigenvalue weighted by Gasteiger charge is 2.22. The normalized spacial score (nSPS) is 20.2. The van der Waals surface area contributed by atoms with Gasteiger partial charge in [0.1, 0.15) is 0 Å². The Bertz CT molecular complexity index is 326. The van der Waals surface area contributed by atoms with E-state index in [9.17, 15) is 0 Å². The van der Waals surface area contributed by atoms with E-state index in [1.54, 1.807) is 5.56 Å². The third-order valence-corrected chi connectivity index (χ3v) is 4.98. The molecule has 1 N–H and O–H groups in total. The number of fused-ring (bicyclic) bond motifs is 1. The van der Waals surface area contributed by atoms with Crippen LogP contribution in [0.3, 0.4) is 0 Å². The molecule has 0 bridgehead atoms. The molecule has 1 aromatic rings. The van der Waals surface area contributed by atoms with Crippen LogP contribution in [0, 0.1) is 0 Å². The van der Waals surface area contributed by atoms with Crippen molar-refractivity contribution in [2.24, 2.45) is 0 Å². The lowest BCUT2D eigenvalue weighted by atomic mass is 10.0. The van der Waals surface area contributed by atoms with E-state index in [1.165, 1.54) is 37.0 Å². The fourth-order valence-electron chi connectivity index (χ4n) is 2.58. The largest absolute Gasteiger partial charge is 0.317 e.